The molecular formula is C14H12N2O3S. The van der Waals surface area contributed by atoms with Crippen molar-refractivity contribution in [2.75, 3.05) is 7.11 Å². The average Bonchev–Trinajstić information content (AvgIpc) is 2.85. The average molecular weight is 288 g/mol. The summed E-state index contributed by atoms with van der Waals surface area (Å²) >= 11 is 1.50. The molecule has 0 aliphatic rings. The molecule has 0 N–H and O–H groups in total. The number of benzene rings is 1. The Kier molecular flexibility index (Phi) is 3.02. The van der Waals surface area contributed by atoms with Crippen molar-refractivity contribution in [2.24, 2.45) is 0 Å². The normalized spacial score (nSPS) is 10.9. The molecule has 0 amide bonds. The summed E-state index contributed by atoms with van der Waals surface area (Å²) in [6.07, 6.45) is 0. The highest BCUT2D eigenvalue weighted by Gasteiger charge is 2.13. The molecule has 6 heteroatoms. The lowest BCUT2D eigenvalue weighted by Gasteiger charge is -2.06. The number of methoxy groups -OCH3 is 1. The Morgan fingerprint density at radius 3 is 2.70 bits per heavy atom. The molecule has 2 heterocycles. The van der Waals surface area contributed by atoms with Crippen LogP contribution in [0.25, 0.3) is 21.5 Å². The maximum Gasteiger partial charge on any atom is 0.379 e. The number of aromatic nitrogens is 2. The van der Waals surface area contributed by atoms with Crippen molar-refractivity contribution in [3.63, 3.8) is 0 Å². The molecule has 0 bridgehead atoms. The second kappa shape index (κ2) is 4.72. The number of hydrogen-bond donors (Lipinski definition) is 0. The van der Waals surface area contributed by atoms with Crippen molar-refractivity contribution in [2.45, 2.75) is 13.8 Å². The van der Waals surface area contributed by atoms with Gasteiger partial charge in [0.15, 0.2) is 0 Å². The van der Waals surface area contributed by atoms with Gasteiger partial charge in [-0.2, -0.15) is 0 Å². The Morgan fingerprint density at radius 2 is 2.05 bits per heavy atom. The second-order valence-electron chi connectivity index (χ2n) is 4.38. The smallest absolute Gasteiger partial charge is 0.379 e. The van der Waals surface area contributed by atoms with Gasteiger partial charge in [0.1, 0.15) is 15.6 Å². The number of ether oxygens (including phenoxy) is 1. The summed E-state index contributed by atoms with van der Waals surface area (Å²) in [5, 5.41) is 10.6. The van der Waals surface area contributed by atoms with E-state index >= 15 is 0 Å². The zero-order chi connectivity index (χ0) is 14.3. The minimum atomic E-state index is -0.469. The Labute approximate surface area is 118 Å². The Balaban J connectivity index is 2.24. The van der Waals surface area contributed by atoms with Gasteiger partial charge in [-0.1, -0.05) is 23.5 Å². The van der Waals surface area contributed by atoms with Gasteiger partial charge in [0.05, 0.1) is 7.11 Å². The van der Waals surface area contributed by atoms with Gasteiger partial charge in [-0.05, 0) is 19.9 Å². The molecule has 20 heavy (non-hydrogen) atoms. The van der Waals surface area contributed by atoms with Crippen LogP contribution >= 0.6 is 11.3 Å². The van der Waals surface area contributed by atoms with Gasteiger partial charge in [-0.3, -0.25) is 0 Å². The molecule has 0 radical (unpaired) electrons. The predicted molar refractivity (Wildman–Crippen MR) is 77.4 cm³/mol. The van der Waals surface area contributed by atoms with Crippen LogP contribution in [0, 0.1) is 13.8 Å². The quantitative estimate of drug-likeness (QED) is 0.678. The van der Waals surface area contributed by atoms with E-state index < -0.39 is 5.63 Å². The summed E-state index contributed by atoms with van der Waals surface area (Å²) in [4.78, 5) is 11.8. The number of nitrogens with zero attached hydrogens (tertiary/aromatic N) is 2. The summed E-state index contributed by atoms with van der Waals surface area (Å²) in [7, 11) is 1.46. The highest BCUT2D eigenvalue weighted by atomic mass is 32.1. The minimum absolute atomic E-state index is 0.247. The highest BCUT2D eigenvalue weighted by Crippen LogP contribution is 2.29. The molecule has 1 aromatic carbocycles. The first-order valence-electron chi connectivity index (χ1n) is 6.02. The third kappa shape index (κ3) is 1.98. The summed E-state index contributed by atoms with van der Waals surface area (Å²) in [5.41, 5.74) is 1.72. The van der Waals surface area contributed by atoms with E-state index in [1.165, 1.54) is 18.4 Å². The molecular weight excluding hydrogens is 276 g/mol. The highest BCUT2D eigenvalue weighted by molar-refractivity contribution is 7.14. The zero-order valence-electron chi connectivity index (χ0n) is 11.3. The Morgan fingerprint density at radius 1 is 1.25 bits per heavy atom. The van der Waals surface area contributed by atoms with E-state index in [-0.39, 0.29) is 5.75 Å². The van der Waals surface area contributed by atoms with E-state index in [1.54, 1.807) is 0 Å². The van der Waals surface area contributed by atoms with Crippen LogP contribution in [0.5, 0.6) is 5.75 Å². The maximum absolute atomic E-state index is 11.8. The molecule has 2 aromatic heterocycles. The van der Waals surface area contributed by atoms with E-state index in [1.807, 2.05) is 32.0 Å². The molecule has 0 aliphatic carbocycles. The van der Waals surface area contributed by atoms with Crippen molar-refractivity contribution < 1.29 is 9.15 Å². The first-order valence-corrected chi connectivity index (χ1v) is 6.83. The van der Waals surface area contributed by atoms with Crippen LogP contribution in [0.1, 0.15) is 10.6 Å². The van der Waals surface area contributed by atoms with Crippen LogP contribution < -0.4 is 10.4 Å². The fourth-order valence-corrected chi connectivity index (χ4v) is 2.81. The lowest BCUT2D eigenvalue weighted by molar-refractivity contribution is 0.382. The number of rotatable bonds is 2. The lowest BCUT2D eigenvalue weighted by atomic mass is 10.1. The van der Waals surface area contributed by atoms with Gasteiger partial charge in [0.2, 0.25) is 5.75 Å². The Hall–Kier alpha value is -2.21. The summed E-state index contributed by atoms with van der Waals surface area (Å²) in [5.74, 6) is 0.247. The van der Waals surface area contributed by atoms with Gasteiger partial charge >= 0.3 is 5.63 Å². The predicted octanol–water partition coefficient (Wildman–Crippen LogP) is 2.94. The topological polar surface area (TPSA) is 65.2 Å². The molecule has 102 valence electrons. The lowest BCUT2D eigenvalue weighted by Crippen LogP contribution is -2.06. The largest absolute Gasteiger partial charge is 0.490 e. The molecule has 0 saturated heterocycles. The molecule has 3 aromatic rings. The fourth-order valence-electron chi connectivity index (χ4n) is 2.12. The molecule has 5 nitrogen and oxygen atoms in total. The molecule has 0 unspecified atom stereocenters. The zero-order valence-corrected chi connectivity index (χ0v) is 12.1. The van der Waals surface area contributed by atoms with Crippen molar-refractivity contribution in [1.82, 2.24) is 10.2 Å². The number of aryl methyl sites for hydroxylation is 2. The molecule has 0 spiro atoms. The van der Waals surface area contributed by atoms with E-state index in [9.17, 15) is 4.79 Å². The number of fused-ring (bicyclic) bond motifs is 1. The third-order valence-corrected chi connectivity index (χ3v) is 3.98. The maximum atomic E-state index is 11.8. The summed E-state index contributed by atoms with van der Waals surface area (Å²) in [6, 6.07) is 5.65. The van der Waals surface area contributed by atoms with Crippen LogP contribution in [-0.4, -0.2) is 17.3 Å². The molecule has 0 saturated carbocycles. The first kappa shape index (κ1) is 12.8. The standard InChI is InChI=1S/C14H12N2O3S/c1-7-10-5-4-9(13-16-15-8(2)20-13)6-11(10)19-14(17)12(7)18-3/h4-6H,1-3H3. The van der Waals surface area contributed by atoms with Crippen molar-refractivity contribution in [3.8, 4) is 16.3 Å². The second-order valence-corrected chi connectivity index (χ2v) is 5.57. The molecule has 3 rings (SSSR count). The molecule has 0 atom stereocenters. The molecule has 0 aliphatic heterocycles. The Bertz CT molecular complexity index is 851. The van der Waals surface area contributed by atoms with Gasteiger partial charge < -0.3 is 9.15 Å². The van der Waals surface area contributed by atoms with Crippen molar-refractivity contribution in [3.05, 3.63) is 39.2 Å². The molecule has 0 fully saturated rings. The SMILES string of the molecule is COc1c(C)c2ccc(-c3nnc(C)s3)cc2oc1=O. The monoisotopic (exact) mass is 288 g/mol. The van der Waals surface area contributed by atoms with Crippen LogP contribution in [-0.2, 0) is 0 Å². The minimum Gasteiger partial charge on any atom is -0.490 e. The fraction of sp³-hybridized carbons (Fsp3) is 0.214. The summed E-state index contributed by atoms with van der Waals surface area (Å²) < 4.78 is 10.4. The van der Waals surface area contributed by atoms with E-state index in [4.69, 9.17) is 9.15 Å². The van der Waals surface area contributed by atoms with E-state index in [0.29, 0.717) is 5.58 Å². The number of hydrogen-bond acceptors (Lipinski definition) is 6. The third-order valence-electron chi connectivity index (χ3n) is 3.09. The van der Waals surface area contributed by atoms with Crippen molar-refractivity contribution in [1.29, 1.82) is 0 Å². The van der Waals surface area contributed by atoms with Gasteiger partial charge in [0.25, 0.3) is 0 Å². The van der Waals surface area contributed by atoms with Crippen LogP contribution in [0.2, 0.25) is 0 Å². The van der Waals surface area contributed by atoms with E-state index in [0.717, 1.165) is 26.5 Å². The first-order chi connectivity index (χ1) is 9.60. The van der Waals surface area contributed by atoms with Crippen LogP contribution in [0.15, 0.2) is 27.4 Å². The van der Waals surface area contributed by atoms with E-state index in [2.05, 4.69) is 10.2 Å². The van der Waals surface area contributed by atoms with Gasteiger partial charge in [-0.25, -0.2) is 4.79 Å². The van der Waals surface area contributed by atoms with Crippen LogP contribution in [0.4, 0.5) is 0 Å². The van der Waals surface area contributed by atoms with Crippen molar-refractivity contribution >= 4 is 22.3 Å². The summed E-state index contributed by atoms with van der Waals surface area (Å²) in [6.45, 7) is 3.74. The van der Waals surface area contributed by atoms with Crippen LogP contribution in [0.3, 0.4) is 0 Å². The van der Waals surface area contributed by atoms with Gasteiger partial charge in [0, 0.05) is 16.5 Å². The van der Waals surface area contributed by atoms with Gasteiger partial charge in [-0.15, -0.1) is 10.2 Å².